The van der Waals surface area contributed by atoms with Gasteiger partial charge in [0, 0.05) is 31.9 Å². The first-order valence-electron chi connectivity index (χ1n) is 14.4. The van der Waals surface area contributed by atoms with E-state index in [1.165, 1.54) is 23.1 Å². The first-order chi connectivity index (χ1) is 20.0. The number of nitrogens with zero attached hydrogens (tertiary/aromatic N) is 1. The number of nitrogens with two attached hydrogens (primary N) is 1. The molecular formula is C31H40F4N2O5. The molecule has 0 unspecified atom stereocenters. The number of aliphatic hydroxyl groups is 1. The van der Waals surface area contributed by atoms with Gasteiger partial charge in [0.25, 0.3) is 0 Å². The van der Waals surface area contributed by atoms with E-state index in [2.05, 4.69) is 0 Å². The average molecular weight is 597 g/mol. The molecule has 1 aliphatic heterocycles. The van der Waals surface area contributed by atoms with Crippen molar-refractivity contribution >= 4 is 6.41 Å². The van der Waals surface area contributed by atoms with Crippen LogP contribution in [-0.2, 0) is 26.0 Å². The fraction of sp³-hybridized carbons (Fsp3) is 0.581. The first-order valence-corrected chi connectivity index (χ1v) is 14.4. The molecule has 1 aliphatic carbocycles. The molecule has 0 bridgehead atoms. The van der Waals surface area contributed by atoms with Gasteiger partial charge in [-0.25, -0.2) is 4.39 Å². The van der Waals surface area contributed by atoms with Gasteiger partial charge < -0.3 is 30.0 Å². The molecule has 4 atom stereocenters. The molecule has 232 valence electrons. The van der Waals surface area contributed by atoms with E-state index in [-0.39, 0.29) is 60.6 Å². The molecule has 2 aliphatic rings. The molecule has 1 saturated heterocycles. The van der Waals surface area contributed by atoms with Crippen molar-refractivity contribution in [2.24, 2.45) is 11.7 Å². The Hall–Kier alpha value is -2.73. The second-order valence-corrected chi connectivity index (χ2v) is 11.2. The summed E-state index contributed by atoms with van der Waals surface area (Å²) < 4.78 is 75.0. The number of halogens is 4. The maximum absolute atomic E-state index is 15.9. The standard InChI is InChI=1S/C31H40F4N2O5/c1-3-41-25-16-21(15-23(18-25)31(33,34)35)28-26(7-6-8-27(28)32)29(39,11-4-5-13-40-2)30(22-9-10-24(36)17-22)19-37(20-38)12-14-42-30/h6-8,15-16,18,20,22,24,39H,3-5,9-14,17,19,36H2,1-2H3/t22-,24+,29-,30+/m1/s1. The van der Waals surface area contributed by atoms with E-state index in [0.29, 0.717) is 51.7 Å². The number of benzene rings is 2. The number of hydrogen-bond donors (Lipinski definition) is 2. The Labute approximate surface area is 243 Å². The van der Waals surface area contributed by atoms with Gasteiger partial charge in [-0.2, -0.15) is 13.2 Å². The van der Waals surface area contributed by atoms with Gasteiger partial charge >= 0.3 is 6.18 Å². The zero-order chi connectivity index (χ0) is 30.5. The average Bonchev–Trinajstić information content (AvgIpc) is 3.41. The molecule has 0 spiro atoms. The number of ether oxygens (including phenoxy) is 3. The summed E-state index contributed by atoms with van der Waals surface area (Å²) in [4.78, 5) is 13.6. The summed E-state index contributed by atoms with van der Waals surface area (Å²) in [5.41, 5.74) is 1.85. The van der Waals surface area contributed by atoms with Gasteiger partial charge in [0.2, 0.25) is 6.41 Å². The number of methoxy groups -OCH3 is 1. The highest BCUT2D eigenvalue weighted by atomic mass is 19.4. The normalized spacial score (nSPS) is 24.4. The van der Waals surface area contributed by atoms with E-state index < -0.39 is 28.8 Å². The molecule has 2 aromatic rings. The molecule has 3 N–H and O–H groups in total. The zero-order valence-electron chi connectivity index (χ0n) is 24.1. The molecule has 7 nitrogen and oxygen atoms in total. The third-order valence-electron chi connectivity index (χ3n) is 8.59. The third kappa shape index (κ3) is 6.44. The molecule has 42 heavy (non-hydrogen) atoms. The van der Waals surface area contributed by atoms with Crippen LogP contribution in [0.5, 0.6) is 5.75 Å². The lowest BCUT2D eigenvalue weighted by Crippen LogP contribution is -2.66. The summed E-state index contributed by atoms with van der Waals surface area (Å²) in [6.07, 6.45) is -1.13. The molecule has 1 heterocycles. The van der Waals surface area contributed by atoms with Crippen molar-refractivity contribution in [1.29, 1.82) is 0 Å². The lowest BCUT2D eigenvalue weighted by Gasteiger charge is -2.55. The van der Waals surface area contributed by atoms with E-state index in [9.17, 15) is 23.1 Å². The Kier molecular flexibility index (Phi) is 10.2. The summed E-state index contributed by atoms with van der Waals surface area (Å²) in [6, 6.07) is 7.07. The number of carbonyl (C=O) groups is 1. The van der Waals surface area contributed by atoms with E-state index in [1.54, 1.807) is 14.0 Å². The predicted molar refractivity (Wildman–Crippen MR) is 149 cm³/mol. The lowest BCUT2D eigenvalue weighted by atomic mass is 9.65. The van der Waals surface area contributed by atoms with Crippen molar-refractivity contribution in [2.75, 3.05) is 40.0 Å². The summed E-state index contributed by atoms with van der Waals surface area (Å²) in [7, 11) is 1.56. The highest BCUT2D eigenvalue weighted by Gasteiger charge is 2.60. The molecule has 2 fully saturated rings. The van der Waals surface area contributed by atoms with Gasteiger partial charge in [-0.05, 0) is 86.8 Å². The molecule has 1 amide bonds. The number of hydrogen-bond acceptors (Lipinski definition) is 6. The van der Waals surface area contributed by atoms with Gasteiger partial charge in [0.15, 0.2) is 0 Å². The number of alkyl halides is 3. The Morgan fingerprint density at radius 2 is 2.00 bits per heavy atom. The van der Waals surface area contributed by atoms with Gasteiger partial charge in [-0.15, -0.1) is 0 Å². The second-order valence-electron chi connectivity index (χ2n) is 11.2. The van der Waals surface area contributed by atoms with Crippen LogP contribution in [0.15, 0.2) is 36.4 Å². The van der Waals surface area contributed by atoms with E-state index >= 15 is 4.39 Å². The minimum absolute atomic E-state index is 0.0252. The number of morpholine rings is 1. The Morgan fingerprint density at radius 1 is 1.21 bits per heavy atom. The topological polar surface area (TPSA) is 94.2 Å². The minimum atomic E-state index is -4.72. The second kappa shape index (κ2) is 13.3. The quantitative estimate of drug-likeness (QED) is 0.197. The highest BCUT2D eigenvalue weighted by Crippen LogP contribution is 2.53. The van der Waals surface area contributed by atoms with Crippen molar-refractivity contribution in [1.82, 2.24) is 4.90 Å². The van der Waals surface area contributed by atoms with Crippen LogP contribution in [0.2, 0.25) is 0 Å². The molecule has 0 radical (unpaired) electrons. The number of unbranched alkanes of at least 4 members (excludes halogenated alkanes) is 1. The monoisotopic (exact) mass is 596 g/mol. The van der Waals surface area contributed by atoms with Crippen LogP contribution in [0.25, 0.3) is 11.1 Å². The third-order valence-corrected chi connectivity index (χ3v) is 8.59. The Balaban J connectivity index is 1.98. The fourth-order valence-electron chi connectivity index (χ4n) is 6.66. The zero-order valence-corrected chi connectivity index (χ0v) is 24.1. The minimum Gasteiger partial charge on any atom is -0.494 e. The summed E-state index contributed by atoms with van der Waals surface area (Å²) in [6.45, 7) is 2.63. The molecule has 0 aromatic heterocycles. The van der Waals surface area contributed by atoms with Gasteiger partial charge in [0.05, 0.1) is 25.3 Å². The number of carbonyl (C=O) groups excluding carboxylic acids is 1. The van der Waals surface area contributed by atoms with E-state index in [1.807, 2.05) is 0 Å². The van der Waals surface area contributed by atoms with E-state index in [0.717, 1.165) is 18.2 Å². The summed E-state index contributed by atoms with van der Waals surface area (Å²) in [5.74, 6) is -1.16. The van der Waals surface area contributed by atoms with Crippen molar-refractivity contribution < 1.29 is 41.7 Å². The summed E-state index contributed by atoms with van der Waals surface area (Å²) in [5, 5.41) is 13.0. The molecular weight excluding hydrogens is 556 g/mol. The lowest BCUT2D eigenvalue weighted by molar-refractivity contribution is -0.246. The van der Waals surface area contributed by atoms with Crippen LogP contribution in [-0.4, -0.2) is 68.1 Å². The molecule has 11 heteroatoms. The number of amides is 1. The van der Waals surface area contributed by atoms with Crippen LogP contribution in [0.3, 0.4) is 0 Å². The molecule has 2 aromatic carbocycles. The fourth-order valence-corrected chi connectivity index (χ4v) is 6.66. The van der Waals surface area contributed by atoms with Crippen molar-refractivity contribution in [3.8, 4) is 16.9 Å². The SMILES string of the molecule is CCOc1cc(-c2c(F)cccc2[C@](O)(CCCCOC)[C@@]2([C@@H]3CC[C@H](N)C3)CN(C=O)CCO2)cc(C(F)(F)F)c1. The largest absolute Gasteiger partial charge is 0.494 e. The number of rotatable bonds is 12. The summed E-state index contributed by atoms with van der Waals surface area (Å²) >= 11 is 0. The molecule has 4 rings (SSSR count). The van der Waals surface area contributed by atoms with Gasteiger partial charge in [-0.1, -0.05) is 12.1 Å². The highest BCUT2D eigenvalue weighted by molar-refractivity contribution is 5.72. The van der Waals surface area contributed by atoms with Crippen molar-refractivity contribution in [3.05, 3.63) is 53.3 Å². The van der Waals surface area contributed by atoms with E-state index in [4.69, 9.17) is 19.9 Å². The predicted octanol–water partition coefficient (Wildman–Crippen LogP) is 5.27. The van der Waals surface area contributed by atoms with Crippen molar-refractivity contribution in [2.45, 2.75) is 68.9 Å². The van der Waals surface area contributed by atoms with Gasteiger partial charge in [-0.3, -0.25) is 4.79 Å². The van der Waals surface area contributed by atoms with Crippen LogP contribution < -0.4 is 10.5 Å². The van der Waals surface area contributed by atoms with Crippen molar-refractivity contribution in [3.63, 3.8) is 0 Å². The van der Waals surface area contributed by atoms with Gasteiger partial charge in [0.1, 0.15) is 22.8 Å². The smallest absolute Gasteiger partial charge is 0.416 e. The maximum Gasteiger partial charge on any atom is 0.416 e. The maximum atomic E-state index is 15.9. The molecule has 1 saturated carbocycles. The Morgan fingerprint density at radius 3 is 2.64 bits per heavy atom. The first kappa shape index (κ1) is 32.2. The van der Waals surface area contributed by atoms with Crippen LogP contribution in [0.4, 0.5) is 17.6 Å². The van der Waals surface area contributed by atoms with Crippen LogP contribution >= 0.6 is 0 Å². The van der Waals surface area contributed by atoms with Crippen LogP contribution in [0.1, 0.15) is 56.6 Å². The Bertz CT molecular complexity index is 1230. The van der Waals surface area contributed by atoms with Crippen LogP contribution in [0, 0.1) is 11.7 Å².